The number of aromatic nitrogens is 2. The molecule has 13 heteroatoms. The third kappa shape index (κ3) is 8.76. The SMILES string of the molecule is CCC(C)C(C(=O)N[C@@H](Cc1ccccc1)[C@H](O)CN(CC(C)C)S(=O)(=O)c1ccc(OC)cc1)N1CCN(Cc2nc3ccccc3n2C)C1=O. The van der Waals surface area contributed by atoms with Gasteiger partial charge >= 0.3 is 6.03 Å². The number of aliphatic hydroxyl groups excluding tert-OH is 1. The Morgan fingerprint density at radius 1 is 0.981 bits per heavy atom. The third-order valence-corrected chi connectivity index (χ3v) is 11.7. The van der Waals surface area contributed by atoms with Crippen LogP contribution in [-0.2, 0) is 34.8 Å². The fraction of sp³-hybridized carbons (Fsp3) is 0.462. The summed E-state index contributed by atoms with van der Waals surface area (Å²) in [4.78, 5) is 36.5. The van der Waals surface area contributed by atoms with E-state index in [1.807, 2.05) is 93.9 Å². The van der Waals surface area contributed by atoms with Crippen molar-refractivity contribution in [2.45, 2.75) is 70.2 Å². The topological polar surface area (TPSA) is 137 Å². The van der Waals surface area contributed by atoms with E-state index in [4.69, 9.17) is 9.72 Å². The van der Waals surface area contributed by atoms with Gasteiger partial charge in [-0.05, 0) is 60.2 Å². The monoisotopic (exact) mass is 732 g/mol. The number of ether oxygens (including phenoxy) is 1. The van der Waals surface area contributed by atoms with Crippen molar-refractivity contribution in [2.24, 2.45) is 18.9 Å². The van der Waals surface area contributed by atoms with Crippen LogP contribution >= 0.6 is 0 Å². The summed E-state index contributed by atoms with van der Waals surface area (Å²) in [5.41, 5.74) is 2.70. The number of amides is 3. The summed E-state index contributed by atoms with van der Waals surface area (Å²) in [5, 5.41) is 14.9. The van der Waals surface area contributed by atoms with Gasteiger partial charge in [-0.1, -0.05) is 76.6 Å². The first-order valence-electron chi connectivity index (χ1n) is 18.0. The molecule has 1 fully saturated rings. The Morgan fingerprint density at radius 2 is 1.65 bits per heavy atom. The van der Waals surface area contributed by atoms with E-state index in [1.54, 1.807) is 21.9 Å². The van der Waals surface area contributed by atoms with Crippen LogP contribution in [0.15, 0.2) is 83.8 Å². The molecule has 1 aliphatic rings. The van der Waals surface area contributed by atoms with Gasteiger partial charge in [0.1, 0.15) is 17.6 Å². The summed E-state index contributed by atoms with van der Waals surface area (Å²) in [5.74, 6) is 0.663. The molecule has 0 aliphatic carbocycles. The number of carbonyl (C=O) groups excluding carboxylic acids is 2. The number of benzene rings is 3. The Balaban J connectivity index is 1.38. The van der Waals surface area contributed by atoms with Gasteiger partial charge in [0.25, 0.3) is 0 Å². The van der Waals surface area contributed by atoms with Gasteiger partial charge in [0.05, 0.1) is 41.7 Å². The van der Waals surface area contributed by atoms with Crippen LogP contribution in [0.25, 0.3) is 11.0 Å². The first kappa shape index (κ1) is 38.8. The van der Waals surface area contributed by atoms with Gasteiger partial charge in [-0.25, -0.2) is 18.2 Å². The first-order valence-corrected chi connectivity index (χ1v) is 19.4. The van der Waals surface area contributed by atoms with E-state index in [0.717, 1.165) is 22.4 Å². The molecule has 280 valence electrons. The molecule has 4 aromatic rings. The molecule has 0 saturated carbocycles. The third-order valence-electron chi connectivity index (χ3n) is 9.87. The molecule has 2 N–H and O–H groups in total. The maximum absolute atomic E-state index is 14.4. The molecule has 1 aromatic heterocycles. The molecule has 0 spiro atoms. The Labute approximate surface area is 307 Å². The maximum Gasteiger partial charge on any atom is 0.321 e. The quantitative estimate of drug-likeness (QED) is 0.161. The van der Waals surface area contributed by atoms with Crippen molar-refractivity contribution in [1.29, 1.82) is 0 Å². The number of imidazole rings is 1. The summed E-state index contributed by atoms with van der Waals surface area (Å²) in [6.45, 7) is 8.77. The van der Waals surface area contributed by atoms with Crippen molar-refractivity contribution in [1.82, 2.24) is 29.0 Å². The molecule has 0 bridgehead atoms. The molecule has 5 rings (SSSR count). The van der Waals surface area contributed by atoms with E-state index in [0.29, 0.717) is 31.8 Å². The summed E-state index contributed by atoms with van der Waals surface area (Å²) < 4.78 is 36.3. The zero-order chi connectivity index (χ0) is 37.6. The lowest BCUT2D eigenvalue weighted by molar-refractivity contribution is -0.128. The molecule has 12 nitrogen and oxygen atoms in total. The van der Waals surface area contributed by atoms with Crippen molar-refractivity contribution in [3.8, 4) is 5.75 Å². The molecule has 1 saturated heterocycles. The van der Waals surface area contributed by atoms with Crippen LogP contribution in [0.4, 0.5) is 4.79 Å². The smallest absolute Gasteiger partial charge is 0.321 e. The largest absolute Gasteiger partial charge is 0.497 e. The number of sulfonamides is 1. The van der Waals surface area contributed by atoms with Crippen LogP contribution in [0.2, 0.25) is 0 Å². The summed E-state index contributed by atoms with van der Waals surface area (Å²) in [7, 11) is -0.566. The zero-order valence-electron chi connectivity index (χ0n) is 31.0. The Kier molecular flexibility index (Phi) is 12.6. The number of carbonyl (C=O) groups is 2. The second-order valence-electron chi connectivity index (χ2n) is 14.1. The Hall–Kier alpha value is -4.46. The minimum Gasteiger partial charge on any atom is -0.497 e. The lowest BCUT2D eigenvalue weighted by atomic mass is 9.95. The van der Waals surface area contributed by atoms with Gasteiger partial charge in [-0.3, -0.25) is 4.79 Å². The summed E-state index contributed by atoms with van der Waals surface area (Å²) in [6, 6.07) is 21.5. The van der Waals surface area contributed by atoms with Gasteiger partial charge in [-0.2, -0.15) is 4.31 Å². The molecule has 2 heterocycles. The van der Waals surface area contributed by atoms with Gasteiger partial charge in [0.15, 0.2) is 0 Å². The lowest BCUT2D eigenvalue weighted by Gasteiger charge is -2.35. The van der Waals surface area contributed by atoms with Crippen LogP contribution < -0.4 is 10.1 Å². The highest BCUT2D eigenvalue weighted by atomic mass is 32.2. The number of nitrogens with zero attached hydrogens (tertiary/aromatic N) is 5. The molecular formula is C39H52N6O6S. The standard InChI is InChI=1S/C39H52N6O6S/c1-7-28(4)37(45-22-21-43(39(45)48)26-36-40-32-15-11-12-16-34(32)42(36)5)38(47)41-33(23-29-13-9-8-10-14-29)35(46)25-44(24-27(2)3)52(49,50)31-19-17-30(51-6)18-20-31/h8-20,27-28,33,35,37,46H,7,21-26H2,1-6H3,(H,41,47)/t28?,33-,35+,37?/m0/s1. The fourth-order valence-corrected chi connectivity index (χ4v) is 8.40. The fourth-order valence-electron chi connectivity index (χ4n) is 6.77. The van der Waals surface area contributed by atoms with Gasteiger partial charge < -0.3 is 29.5 Å². The highest BCUT2D eigenvalue weighted by molar-refractivity contribution is 7.89. The number of nitrogens with one attached hydrogen (secondary N) is 1. The predicted molar refractivity (Wildman–Crippen MR) is 201 cm³/mol. The van der Waals surface area contributed by atoms with E-state index in [2.05, 4.69) is 5.32 Å². The summed E-state index contributed by atoms with van der Waals surface area (Å²) >= 11 is 0. The van der Waals surface area contributed by atoms with E-state index in [9.17, 15) is 23.1 Å². The number of methoxy groups -OCH3 is 1. The van der Waals surface area contributed by atoms with Crippen molar-refractivity contribution >= 4 is 33.0 Å². The lowest BCUT2D eigenvalue weighted by Crippen LogP contribution is -2.57. The van der Waals surface area contributed by atoms with Gasteiger partial charge in [0, 0.05) is 33.2 Å². The van der Waals surface area contributed by atoms with Crippen molar-refractivity contribution in [3.05, 3.63) is 90.3 Å². The molecule has 4 atom stereocenters. The Bertz CT molecular complexity index is 1920. The molecule has 1 aliphatic heterocycles. The highest BCUT2D eigenvalue weighted by Gasteiger charge is 2.41. The van der Waals surface area contributed by atoms with Crippen LogP contribution in [-0.4, -0.2) is 101 Å². The van der Waals surface area contributed by atoms with Crippen LogP contribution in [0.3, 0.4) is 0 Å². The van der Waals surface area contributed by atoms with Crippen molar-refractivity contribution in [3.63, 3.8) is 0 Å². The van der Waals surface area contributed by atoms with Crippen LogP contribution in [0, 0.1) is 11.8 Å². The van der Waals surface area contributed by atoms with Crippen molar-refractivity contribution in [2.75, 3.05) is 33.3 Å². The maximum atomic E-state index is 14.4. The molecule has 52 heavy (non-hydrogen) atoms. The number of hydrogen-bond acceptors (Lipinski definition) is 7. The minimum absolute atomic E-state index is 0.0366. The molecular weight excluding hydrogens is 681 g/mol. The van der Waals surface area contributed by atoms with E-state index < -0.39 is 28.2 Å². The predicted octanol–water partition coefficient (Wildman–Crippen LogP) is 4.67. The number of aryl methyl sites for hydroxylation is 1. The number of rotatable bonds is 17. The average molecular weight is 733 g/mol. The number of para-hydroxylation sites is 2. The minimum atomic E-state index is -4.01. The summed E-state index contributed by atoms with van der Waals surface area (Å²) in [6.07, 6.45) is -0.371. The van der Waals surface area contributed by atoms with Gasteiger partial charge in [0.2, 0.25) is 15.9 Å². The van der Waals surface area contributed by atoms with E-state index in [1.165, 1.54) is 23.5 Å². The Morgan fingerprint density at radius 3 is 2.29 bits per heavy atom. The second kappa shape index (κ2) is 16.9. The van der Waals surface area contributed by atoms with Gasteiger partial charge in [-0.15, -0.1) is 0 Å². The molecule has 0 radical (unpaired) electrons. The van der Waals surface area contributed by atoms with Crippen LogP contribution in [0.1, 0.15) is 45.5 Å². The number of urea groups is 1. The van der Waals surface area contributed by atoms with Crippen LogP contribution in [0.5, 0.6) is 5.75 Å². The molecule has 3 amide bonds. The highest BCUT2D eigenvalue weighted by Crippen LogP contribution is 2.25. The molecule has 2 unspecified atom stereocenters. The molecule has 3 aromatic carbocycles. The number of fused-ring (bicyclic) bond motifs is 1. The average Bonchev–Trinajstić information content (AvgIpc) is 3.65. The second-order valence-corrected chi connectivity index (χ2v) is 16.0. The normalized spacial score (nSPS) is 16.1. The van der Waals surface area contributed by atoms with E-state index in [-0.39, 0.29) is 48.2 Å². The van der Waals surface area contributed by atoms with E-state index >= 15 is 0 Å². The zero-order valence-corrected chi connectivity index (χ0v) is 31.8. The van der Waals surface area contributed by atoms with Crippen molar-refractivity contribution < 1.29 is 27.9 Å². The first-order chi connectivity index (χ1) is 24.8. The number of hydrogen-bond donors (Lipinski definition) is 2. The number of aliphatic hydroxyl groups is 1.